The van der Waals surface area contributed by atoms with E-state index in [0.29, 0.717) is 25.9 Å². The number of piperidine rings is 1. The maximum Gasteiger partial charge on any atom is 0.467 e. The standard InChI is InChI=1S/C21H23BrFN7O7S/c1-21(2,3)15-8-11(6-7-29(15)36-19(31)28-38(33)34)10-24-17-16(25-37-26-17)18-27-35-20(32)30(18)12-4-5-14(23)13(22)9-12/h4-5,9,11,15H,6-8,10H2,1-3H3,(H,24,26). The number of rotatable bonds is 6. The van der Waals surface area contributed by atoms with Gasteiger partial charge in [-0.05, 0) is 68.6 Å². The minimum Gasteiger partial charge on any atom is -0.365 e. The first-order valence-electron chi connectivity index (χ1n) is 11.3. The zero-order valence-corrected chi connectivity index (χ0v) is 22.8. The van der Waals surface area contributed by atoms with Crippen LogP contribution in [0.1, 0.15) is 33.6 Å². The number of halogens is 2. The van der Waals surface area contributed by atoms with Crippen LogP contribution in [0.5, 0.6) is 0 Å². The molecule has 17 heteroatoms. The summed E-state index contributed by atoms with van der Waals surface area (Å²) in [6.07, 6.45) is 0.00401. The van der Waals surface area contributed by atoms with Gasteiger partial charge >= 0.3 is 22.3 Å². The Morgan fingerprint density at radius 2 is 2.08 bits per heavy atom. The van der Waals surface area contributed by atoms with Crippen molar-refractivity contribution in [3.8, 4) is 17.2 Å². The Kier molecular flexibility index (Phi) is 8.08. The second kappa shape index (κ2) is 11.1. The van der Waals surface area contributed by atoms with E-state index in [9.17, 15) is 22.4 Å². The molecular weight excluding hydrogens is 593 g/mol. The van der Waals surface area contributed by atoms with Gasteiger partial charge in [-0.15, -0.1) is 5.06 Å². The molecule has 38 heavy (non-hydrogen) atoms. The molecule has 2 unspecified atom stereocenters. The lowest BCUT2D eigenvalue weighted by atomic mass is 9.78. The highest BCUT2D eigenvalue weighted by molar-refractivity contribution is 9.10. The van der Waals surface area contributed by atoms with Crippen molar-refractivity contribution in [3.63, 3.8) is 0 Å². The average molecular weight is 616 g/mol. The third-order valence-corrected chi connectivity index (χ3v) is 6.94. The Morgan fingerprint density at radius 1 is 1.32 bits per heavy atom. The summed E-state index contributed by atoms with van der Waals surface area (Å²) in [5, 5.41) is 16.2. The third-order valence-electron chi connectivity index (χ3n) is 6.03. The van der Waals surface area contributed by atoms with E-state index in [0.717, 1.165) is 4.57 Å². The molecule has 3 aromatic rings. The van der Waals surface area contributed by atoms with Gasteiger partial charge in [0.1, 0.15) is 5.82 Å². The van der Waals surface area contributed by atoms with Gasteiger partial charge in [0.25, 0.3) is 0 Å². The predicted octanol–water partition coefficient (Wildman–Crippen LogP) is 3.43. The summed E-state index contributed by atoms with van der Waals surface area (Å²) in [7, 11) is -2.90. The molecule has 0 radical (unpaired) electrons. The molecule has 1 fully saturated rings. The van der Waals surface area contributed by atoms with E-state index >= 15 is 0 Å². The number of nitrogens with zero attached hydrogens (tertiary/aromatic N) is 6. The minimum atomic E-state index is -2.90. The molecule has 0 bridgehead atoms. The van der Waals surface area contributed by atoms with Crippen LogP contribution in [0.15, 0.2) is 41.0 Å². The second-order valence-corrected chi connectivity index (χ2v) is 11.1. The quantitative estimate of drug-likeness (QED) is 0.428. The van der Waals surface area contributed by atoms with E-state index < -0.39 is 28.2 Å². The van der Waals surface area contributed by atoms with Crippen LogP contribution >= 0.6 is 15.9 Å². The average Bonchev–Trinajstić information content (AvgIpc) is 3.45. The fourth-order valence-electron chi connectivity index (χ4n) is 4.22. The molecule has 0 spiro atoms. The molecule has 204 valence electrons. The fraction of sp³-hybridized carbons (Fsp3) is 0.476. The number of hydrogen-bond donors (Lipinski definition) is 1. The van der Waals surface area contributed by atoms with Crippen molar-refractivity contribution in [2.24, 2.45) is 15.7 Å². The normalized spacial score (nSPS) is 18.2. The van der Waals surface area contributed by atoms with E-state index in [-0.39, 0.29) is 44.9 Å². The second-order valence-electron chi connectivity index (χ2n) is 9.63. The van der Waals surface area contributed by atoms with Gasteiger partial charge < -0.3 is 10.2 Å². The molecule has 1 aromatic carbocycles. The highest BCUT2D eigenvalue weighted by atomic mass is 79.9. The lowest BCUT2D eigenvalue weighted by Crippen LogP contribution is -2.50. The van der Waals surface area contributed by atoms with Gasteiger partial charge in [0.05, 0.1) is 16.2 Å². The molecule has 1 N–H and O–H groups in total. The van der Waals surface area contributed by atoms with Crippen LogP contribution in [0, 0.1) is 17.2 Å². The number of carbonyl (C=O) groups excluding carboxylic acids is 1. The summed E-state index contributed by atoms with van der Waals surface area (Å²) in [4.78, 5) is 29.4. The van der Waals surface area contributed by atoms with E-state index in [2.05, 4.69) is 41.1 Å². The summed E-state index contributed by atoms with van der Waals surface area (Å²) in [5.74, 6) is -1.00. The number of benzene rings is 1. The van der Waals surface area contributed by atoms with Crippen molar-refractivity contribution in [1.82, 2.24) is 25.1 Å². The molecule has 1 aliphatic heterocycles. The highest BCUT2D eigenvalue weighted by Crippen LogP contribution is 2.35. The molecule has 1 aliphatic rings. The van der Waals surface area contributed by atoms with Gasteiger partial charge in [-0.2, -0.15) is 8.42 Å². The number of hydroxylamine groups is 2. The molecule has 14 nitrogen and oxygen atoms in total. The Bertz CT molecular complexity index is 1520. The largest absolute Gasteiger partial charge is 0.467 e. The van der Waals surface area contributed by atoms with E-state index in [1.807, 2.05) is 20.8 Å². The molecule has 4 rings (SSSR count). The predicted molar refractivity (Wildman–Crippen MR) is 132 cm³/mol. The van der Waals surface area contributed by atoms with Crippen LogP contribution in [-0.4, -0.2) is 58.7 Å². The Balaban J connectivity index is 1.50. The SMILES string of the molecule is CC(C)(C)C1CC(CNc2nonc2-c2noc(=O)n2-c2ccc(F)c(Br)c2)CCN1OC(=O)N=S(=O)=O. The first kappa shape index (κ1) is 27.6. The first-order chi connectivity index (χ1) is 17.9. The van der Waals surface area contributed by atoms with Gasteiger partial charge in [0, 0.05) is 13.1 Å². The van der Waals surface area contributed by atoms with Gasteiger partial charge in [0.15, 0.2) is 5.69 Å². The van der Waals surface area contributed by atoms with E-state index in [1.54, 1.807) is 0 Å². The Hall–Kier alpha value is -3.44. The molecule has 1 saturated heterocycles. The Morgan fingerprint density at radius 3 is 2.76 bits per heavy atom. The van der Waals surface area contributed by atoms with Crippen molar-refractivity contribution in [3.05, 3.63) is 39.0 Å². The minimum absolute atomic E-state index is 0.00562. The lowest BCUT2D eigenvalue weighted by Gasteiger charge is -2.43. The van der Waals surface area contributed by atoms with Gasteiger partial charge in [-0.1, -0.05) is 30.3 Å². The van der Waals surface area contributed by atoms with Crippen LogP contribution in [-0.2, 0) is 15.3 Å². The zero-order valence-electron chi connectivity index (χ0n) is 20.4. The number of carbonyl (C=O) groups is 1. The van der Waals surface area contributed by atoms with Crippen molar-refractivity contribution >= 4 is 38.3 Å². The third kappa shape index (κ3) is 6.16. The zero-order chi connectivity index (χ0) is 27.6. The number of hydrogen-bond acceptors (Lipinski definition) is 12. The molecule has 3 heterocycles. The van der Waals surface area contributed by atoms with Gasteiger partial charge in [-0.3, -0.25) is 4.52 Å². The van der Waals surface area contributed by atoms with Crippen LogP contribution < -0.4 is 11.1 Å². The summed E-state index contributed by atoms with van der Waals surface area (Å²) < 4.78 is 48.9. The molecule has 2 atom stereocenters. The monoisotopic (exact) mass is 615 g/mol. The Labute approximate surface area is 224 Å². The van der Waals surface area contributed by atoms with Crippen LogP contribution in [0.3, 0.4) is 0 Å². The van der Waals surface area contributed by atoms with E-state index in [4.69, 9.17) is 14.0 Å². The van der Waals surface area contributed by atoms with Crippen LogP contribution in [0.25, 0.3) is 17.2 Å². The smallest absolute Gasteiger partial charge is 0.365 e. The fourth-order valence-corrected chi connectivity index (χ4v) is 4.74. The molecule has 1 amide bonds. The van der Waals surface area contributed by atoms with Gasteiger partial charge in [0.2, 0.25) is 11.6 Å². The van der Waals surface area contributed by atoms with Gasteiger partial charge in [-0.25, -0.2) is 23.2 Å². The molecule has 2 aromatic heterocycles. The van der Waals surface area contributed by atoms with Crippen molar-refractivity contribution in [2.45, 2.75) is 39.7 Å². The van der Waals surface area contributed by atoms with E-state index in [1.165, 1.54) is 23.3 Å². The van der Waals surface area contributed by atoms with Crippen LogP contribution in [0.4, 0.5) is 15.0 Å². The number of nitrogens with one attached hydrogen (secondary N) is 1. The summed E-state index contributed by atoms with van der Waals surface area (Å²) in [6.45, 7) is 6.72. The maximum atomic E-state index is 13.7. The molecule has 0 saturated carbocycles. The summed E-state index contributed by atoms with van der Waals surface area (Å²) >= 11 is 3.10. The maximum absolute atomic E-state index is 13.7. The summed E-state index contributed by atoms with van der Waals surface area (Å²) in [6, 6.07) is 3.74. The number of amides is 1. The highest BCUT2D eigenvalue weighted by Gasteiger charge is 2.39. The lowest BCUT2D eigenvalue weighted by molar-refractivity contribution is -0.174. The first-order valence-corrected chi connectivity index (χ1v) is 13.2. The topological polar surface area (TPSA) is 175 Å². The van der Waals surface area contributed by atoms with Crippen molar-refractivity contribution in [2.75, 3.05) is 18.4 Å². The molecular formula is C21H23BrFN7O7S. The van der Waals surface area contributed by atoms with Crippen LogP contribution in [0.2, 0.25) is 0 Å². The van der Waals surface area contributed by atoms with Crippen molar-refractivity contribution < 1.29 is 31.6 Å². The van der Waals surface area contributed by atoms with Crippen molar-refractivity contribution in [1.29, 1.82) is 0 Å². The summed E-state index contributed by atoms with van der Waals surface area (Å²) in [5.41, 5.74) is 0.0920. The molecule has 0 aliphatic carbocycles. The number of aromatic nitrogens is 4. The number of anilines is 1.